The molecule has 0 atom stereocenters. The van der Waals surface area contributed by atoms with Crippen LogP contribution in [0.25, 0.3) is 0 Å². The molecule has 0 unspecified atom stereocenters. The van der Waals surface area contributed by atoms with Crippen molar-refractivity contribution in [2.75, 3.05) is 26.8 Å². The SMILES string of the molecule is CCOCCC1(CNC(=NC)NC(C)(C)C)CC1.I. The lowest BCUT2D eigenvalue weighted by Crippen LogP contribution is -2.48. The minimum absolute atomic E-state index is 0. The van der Waals surface area contributed by atoms with Crippen LogP contribution in [0.15, 0.2) is 4.99 Å². The van der Waals surface area contributed by atoms with Crippen LogP contribution in [0.4, 0.5) is 0 Å². The maximum absolute atomic E-state index is 5.45. The zero-order chi connectivity index (χ0) is 13.6. The van der Waals surface area contributed by atoms with Gasteiger partial charge in [0.15, 0.2) is 5.96 Å². The summed E-state index contributed by atoms with van der Waals surface area (Å²) >= 11 is 0. The number of halogens is 1. The van der Waals surface area contributed by atoms with Crippen molar-refractivity contribution in [3.8, 4) is 0 Å². The summed E-state index contributed by atoms with van der Waals surface area (Å²) in [6, 6.07) is 0. The molecule has 19 heavy (non-hydrogen) atoms. The Labute approximate surface area is 135 Å². The van der Waals surface area contributed by atoms with Crippen molar-refractivity contribution in [1.82, 2.24) is 10.6 Å². The second-order valence-electron chi connectivity index (χ2n) is 6.25. The molecule has 1 saturated carbocycles. The number of aliphatic imine (C=N–C) groups is 1. The highest BCUT2D eigenvalue weighted by Crippen LogP contribution is 2.48. The normalized spacial score (nSPS) is 17.6. The van der Waals surface area contributed by atoms with Gasteiger partial charge >= 0.3 is 0 Å². The Morgan fingerprint density at radius 1 is 1.32 bits per heavy atom. The van der Waals surface area contributed by atoms with Gasteiger partial charge in [-0.3, -0.25) is 4.99 Å². The zero-order valence-electron chi connectivity index (χ0n) is 13.0. The molecule has 114 valence electrons. The second kappa shape index (κ2) is 8.29. The van der Waals surface area contributed by atoms with Gasteiger partial charge in [-0.15, -0.1) is 24.0 Å². The van der Waals surface area contributed by atoms with E-state index in [-0.39, 0.29) is 29.5 Å². The van der Waals surface area contributed by atoms with E-state index in [9.17, 15) is 0 Å². The van der Waals surface area contributed by atoms with E-state index in [1.165, 1.54) is 12.8 Å². The first kappa shape index (κ1) is 19.0. The molecule has 0 heterocycles. The van der Waals surface area contributed by atoms with Crippen LogP contribution in [0.5, 0.6) is 0 Å². The topological polar surface area (TPSA) is 45.6 Å². The lowest BCUT2D eigenvalue weighted by molar-refractivity contribution is 0.128. The van der Waals surface area contributed by atoms with Crippen LogP contribution in [-0.2, 0) is 4.74 Å². The van der Waals surface area contributed by atoms with E-state index in [4.69, 9.17) is 4.74 Å². The Hall–Kier alpha value is -0.0400. The first-order chi connectivity index (χ1) is 8.41. The summed E-state index contributed by atoms with van der Waals surface area (Å²) in [7, 11) is 1.82. The quantitative estimate of drug-likeness (QED) is 0.321. The molecule has 0 aromatic rings. The Balaban J connectivity index is 0.00000324. The van der Waals surface area contributed by atoms with Crippen molar-refractivity contribution in [1.29, 1.82) is 0 Å². The molecular weight excluding hydrogens is 353 g/mol. The molecule has 0 spiro atoms. The standard InChI is InChI=1S/C14H29N3O.HI/c1-6-18-10-9-14(7-8-14)11-16-12(15-5)17-13(2,3)4;/h6-11H2,1-5H3,(H2,15,16,17);1H. The third kappa shape index (κ3) is 7.97. The largest absolute Gasteiger partial charge is 0.382 e. The molecule has 5 heteroatoms. The highest BCUT2D eigenvalue weighted by molar-refractivity contribution is 14.0. The maximum Gasteiger partial charge on any atom is 0.191 e. The van der Waals surface area contributed by atoms with Gasteiger partial charge in [-0.05, 0) is 52.4 Å². The van der Waals surface area contributed by atoms with Gasteiger partial charge in [-0.2, -0.15) is 0 Å². The minimum Gasteiger partial charge on any atom is -0.382 e. The van der Waals surface area contributed by atoms with E-state index in [1.807, 2.05) is 14.0 Å². The van der Waals surface area contributed by atoms with Crippen LogP contribution in [0.2, 0.25) is 0 Å². The average molecular weight is 383 g/mol. The molecule has 0 bridgehead atoms. The monoisotopic (exact) mass is 383 g/mol. The molecule has 0 saturated heterocycles. The predicted molar refractivity (Wildman–Crippen MR) is 92.4 cm³/mol. The van der Waals surface area contributed by atoms with E-state index < -0.39 is 0 Å². The van der Waals surface area contributed by atoms with E-state index in [2.05, 4.69) is 36.4 Å². The third-order valence-electron chi connectivity index (χ3n) is 3.29. The first-order valence-electron chi connectivity index (χ1n) is 6.97. The van der Waals surface area contributed by atoms with Crippen LogP contribution < -0.4 is 10.6 Å². The molecule has 1 fully saturated rings. The molecule has 1 aliphatic rings. The van der Waals surface area contributed by atoms with Gasteiger partial charge in [0.1, 0.15) is 0 Å². The minimum atomic E-state index is 0. The summed E-state index contributed by atoms with van der Waals surface area (Å²) in [6.07, 6.45) is 3.76. The lowest BCUT2D eigenvalue weighted by atomic mass is 10.0. The third-order valence-corrected chi connectivity index (χ3v) is 3.29. The van der Waals surface area contributed by atoms with Crippen molar-refractivity contribution in [3.63, 3.8) is 0 Å². The number of nitrogens with one attached hydrogen (secondary N) is 2. The molecule has 2 N–H and O–H groups in total. The Morgan fingerprint density at radius 3 is 2.37 bits per heavy atom. The molecule has 0 aliphatic heterocycles. The molecule has 0 amide bonds. The number of guanidine groups is 1. The Morgan fingerprint density at radius 2 is 1.95 bits per heavy atom. The fourth-order valence-corrected chi connectivity index (χ4v) is 1.93. The first-order valence-corrected chi connectivity index (χ1v) is 6.97. The van der Waals surface area contributed by atoms with E-state index >= 15 is 0 Å². The summed E-state index contributed by atoms with van der Waals surface area (Å²) in [5, 5.41) is 6.82. The molecule has 4 nitrogen and oxygen atoms in total. The van der Waals surface area contributed by atoms with Crippen LogP contribution in [-0.4, -0.2) is 38.3 Å². The van der Waals surface area contributed by atoms with Gasteiger partial charge in [0.2, 0.25) is 0 Å². The Kier molecular flexibility index (Phi) is 8.27. The maximum atomic E-state index is 5.45. The average Bonchev–Trinajstić information content (AvgIpc) is 3.04. The Bertz CT molecular complexity index is 283. The summed E-state index contributed by atoms with van der Waals surface area (Å²) < 4.78 is 5.45. The molecule has 0 radical (unpaired) electrons. The van der Waals surface area contributed by atoms with Crippen molar-refractivity contribution in [3.05, 3.63) is 0 Å². The van der Waals surface area contributed by atoms with Gasteiger partial charge in [-0.25, -0.2) is 0 Å². The number of ether oxygens (including phenoxy) is 1. The van der Waals surface area contributed by atoms with E-state index in [1.54, 1.807) is 0 Å². The van der Waals surface area contributed by atoms with Crippen molar-refractivity contribution in [2.45, 2.75) is 52.5 Å². The molecule has 0 aromatic carbocycles. The zero-order valence-corrected chi connectivity index (χ0v) is 15.3. The summed E-state index contributed by atoms with van der Waals surface area (Å²) in [4.78, 5) is 4.26. The highest BCUT2D eigenvalue weighted by Gasteiger charge is 2.42. The van der Waals surface area contributed by atoms with Gasteiger partial charge in [0, 0.05) is 32.3 Å². The summed E-state index contributed by atoms with van der Waals surface area (Å²) in [5.74, 6) is 0.894. The smallest absolute Gasteiger partial charge is 0.191 e. The second-order valence-corrected chi connectivity index (χ2v) is 6.25. The fraction of sp³-hybridized carbons (Fsp3) is 0.929. The highest BCUT2D eigenvalue weighted by atomic mass is 127. The van der Waals surface area contributed by atoms with Crippen LogP contribution in [0.3, 0.4) is 0 Å². The summed E-state index contributed by atoms with van der Waals surface area (Å²) in [5.41, 5.74) is 0.495. The van der Waals surface area contributed by atoms with Gasteiger partial charge in [0.05, 0.1) is 0 Å². The van der Waals surface area contributed by atoms with Crippen molar-refractivity contribution >= 4 is 29.9 Å². The number of hydrogen-bond acceptors (Lipinski definition) is 2. The molecule has 1 rings (SSSR count). The summed E-state index contributed by atoms with van der Waals surface area (Å²) in [6.45, 7) is 11.2. The number of nitrogens with zero attached hydrogens (tertiary/aromatic N) is 1. The van der Waals surface area contributed by atoms with Crippen LogP contribution >= 0.6 is 24.0 Å². The van der Waals surface area contributed by atoms with Gasteiger partial charge in [-0.1, -0.05) is 0 Å². The molecular formula is C14H30IN3O. The molecule has 0 aromatic heterocycles. The fourth-order valence-electron chi connectivity index (χ4n) is 1.93. The van der Waals surface area contributed by atoms with E-state index in [0.29, 0.717) is 5.41 Å². The van der Waals surface area contributed by atoms with E-state index in [0.717, 1.165) is 32.1 Å². The number of hydrogen-bond donors (Lipinski definition) is 2. The van der Waals surface area contributed by atoms with Crippen LogP contribution in [0.1, 0.15) is 47.0 Å². The van der Waals surface area contributed by atoms with Crippen molar-refractivity contribution < 1.29 is 4.74 Å². The van der Waals surface area contributed by atoms with Gasteiger partial charge in [0.25, 0.3) is 0 Å². The van der Waals surface area contributed by atoms with Crippen LogP contribution in [0, 0.1) is 5.41 Å². The van der Waals surface area contributed by atoms with Crippen molar-refractivity contribution in [2.24, 2.45) is 10.4 Å². The predicted octanol–water partition coefficient (Wildman–Crippen LogP) is 2.77. The number of rotatable bonds is 6. The lowest BCUT2D eigenvalue weighted by Gasteiger charge is -2.25. The van der Waals surface area contributed by atoms with Gasteiger partial charge < -0.3 is 15.4 Å². The molecule has 1 aliphatic carbocycles.